The summed E-state index contributed by atoms with van der Waals surface area (Å²) in [4.78, 5) is 6.46. The molecule has 1 aromatic carbocycles. The Morgan fingerprint density at radius 3 is 2.44 bits per heavy atom. The van der Waals surface area contributed by atoms with Crippen molar-refractivity contribution in [2.45, 2.75) is 38.4 Å². The molecule has 1 aromatic rings. The average molecular weight is 498 g/mol. The number of hydrogen-bond donors (Lipinski definition) is 2. The minimum absolute atomic E-state index is 0. The molecule has 0 amide bonds. The Labute approximate surface area is 177 Å². The second-order valence-electron chi connectivity index (χ2n) is 6.83. The van der Waals surface area contributed by atoms with Crippen molar-refractivity contribution in [3.05, 3.63) is 35.4 Å². The molecule has 2 atom stereocenters. The molecular formula is C19H30F3IN4. The van der Waals surface area contributed by atoms with Gasteiger partial charge in [-0.3, -0.25) is 9.89 Å². The zero-order valence-corrected chi connectivity index (χ0v) is 18.5. The van der Waals surface area contributed by atoms with Crippen LogP contribution in [0.5, 0.6) is 0 Å². The smallest absolute Gasteiger partial charge is 0.356 e. The van der Waals surface area contributed by atoms with E-state index in [2.05, 4.69) is 27.4 Å². The van der Waals surface area contributed by atoms with Crippen LogP contribution < -0.4 is 10.6 Å². The van der Waals surface area contributed by atoms with Crippen LogP contribution in [0.2, 0.25) is 0 Å². The molecule has 27 heavy (non-hydrogen) atoms. The fourth-order valence-corrected chi connectivity index (χ4v) is 3.56. The number of benzene rings is 1. The molecule has 4 nitrogen and oxygen atoms in total. The van der Waals surface area contributed by atoms with E-state index in [4.69, 9.17) is 0 Å². The third-order valence-electron chi connectivity index (χ3n) is 4.88. The monoisotopic (exact) mass is 498 g/mol. The summed E-state index contributed by atoms with van der Waals surface area (Å²) in [7, 11) is 3.78. The molecule has 0 aliphatic carbocycles. The van der Waals surface area contributed by atoms with Gasteiger partial charge in [0.1, 0.15) is 0 Å². The first kappa shape index (κ1) is 24.0. The second kappa shape index (κ2) is 11.1. The van der Waals surface area contributed by atoms with E-state index in [9.17, 15) is 13.2 Å². The summed E-state index contributed by atoms with van der Waals surface area (Å²) >= 11 is 0. The molecule has 154 valence electrons. The molecule has 0 bridgehead atoms. The Hall–Kier alpha value is -1.03. The first-order valence-electron chi connectivity index (χ1n) is 9.18. The molecule has 0 radical (unpaired) electrons. The van der Waals surface area contributed by atoms with Crippen molar-refractivity contribution < 1.29 is 13.2 Å². The topological polar surface area (TPSA) is 39.7 Å². The molecule has 1 aliphatic rings. The molecule has 1 fully saturated rings. The maximum absolute atomic E-state index is 12.8. The van der Waals surface area contributed by atoms with E-state index in [-0.39, 0.29) is 30.0 Å². The summed E-state index contributed by atoms with van der Waals surface area (Å²) in [5.41, 5.74) is 0.335. The molecule has 8 heteroatoms. The Kier molecular flexibility index (Phi) is 9.86. The third kappa shape index (κ3) is 6.81. The Balaban J connectivity index is 0.00000364. The van der Waals surface area contributed by atoms with E-state index in [1.807, 2.05) is 7.05 Å². The number of piperidine rings is 1. The number of guanidine groups is 1. The van der Waals surface area contributed by atoms with Crippen LogP contribution in [0.25, 0.3) is 0 Å². The minimum atomic E-state index is -4.30. The average Bonchev–Trinajstić information content (AvgIpc) is 2.61. The highest BCUT2D eigenvalue weighted by molar-refractivity contribution is 14.0. The molecule has 2 unspecified atom stereocenters. The van der Waals surface area contributed by atoms with Gasteiger partial charge >= 0.3 is 6.18 Å². The van der Waals surface area contributed by atoms with Crippen molar-refractivity contribution in [3.8, 4) is 0 Å². The van der Waals surface area contributed by atoms with Crippen molar-refractivity contribution in [2.75, 3.05) is 33.7 Å². The predicted octanol–water partition coefficient (Wildman–Crippen LogP) is 4.28. The number of halogens is 4. The lowest BCUT2D eigenvalue weighted by Gasteiger charge is -2.40. The summed E-state index contributed by atoms with van der Waals surface area (Å²) in [5, 5.41) is 6.61. The molecule has 0 saturated carbocycles. The number of hydrogen-bond acceptors (Lipinski definition) is 2. The summed E-state index contributed by atoms with van der Waals surface area (Å²) < 4.78 is 38.5. The van der Waals surface area contributed by atoms with Gasteiger partial charge in [-0.25, -0.2) is 0 Å². The fraction of sp³-hybridized carbons (Fsp3) is 0.632. The summed E-state index contributed by atoms with van der Waals surface area (Å²) in [5.74, 6) is 1.08. The first-order chi connectivity index (χ1) is 12.4. The molecule has 2 N–H and O–H groups in total. The van der Waals surface area contributed by atoms with Gasteiger partial charge in [-0.2, -0.15) is 13.2 Å². The van der Waals surface area contributed by atoms with Crippen LogP contribution >= 0.6 is 24.0 Å². The van der Waals surface area contributed by atoms with Gasteiger partial charge in [-0.05, 0) is 56.5 Å². The van der Waals surface area contributed by atoms with Gasteiger partial charge in [0.05, 0.1) is 5.56 Å². The van der Waals surface area contributed by atoms with Gasteiger partial charge in [0.15, 0.2) is 5.96 Å². The van der Waals surface area contributed by atoms with Crippen LogP contribution in [-0.4, -0.2) is 44.6 Å². The van der Waals surface area contributed by atoms with Gasteiger partial charge in [-0.1, -0.05) is 19.1 Å². The molecule has 2 rings (SSSR count). The van der Waals surface area contributed by atoms with Crippen molar-refractivity contribution >= 4 is 29.9 Å². The highest BCUT2D eigenvalue weighted by Crippen LogP contribution is 2.36. The predicted molar refractivity (Wildman–Crippen MR) is 115 cm³/mol. The SMILES string of the molecule is CCCNC(=NC)NCC1CCCN(C)C1c1ccc(C(F)(F)F)cc1.I. The number of rotatable bonds is 5. The van der Waals surface area contributed by atoms with Crippen molar-refractivity contribution in [3.63, 3.8) is 0 Å². The second-order valence-corrected chi connectivity index (χ2v) is 6.83. The van der Waals surface area contributed by atoms with Gasteiger partial charge in [0, 0.05) is 26.2 Å². The lowest BCUT2D eigenvalue weighted by Crippen LogP contribution is -2.45. The molecular weight excluding hydrogens is 468 g/mol. The quantitative estimate of drug-likeness (QED) is 0.362. The number of nitrogens with one attached hydrogen (secondary N) is 2. The standard InChI is InChI=1S/C19H29F3N4.HI/c1-4-11-24-18(23-2)25-13-15-6-5-12-26(3)17(15)14-7-9-16(10-8-14)19(20,21)22;/h7-10,15,17H,4-6,11-13H2,1-3H3,(H2,23,24,25);1H. The third-order valence-corrected chi connectivity index (χ3v) is 4.88. The first-order valence-corrected chi connectivity index (χ1v) is 9.18. The fourth-order valence-electron chi connectivity index (χ4n) is 3.56. The largest absolute Gasteiger partial charge is 0.416 e. The van der Waals surface area contributed by atoms with Crippen molar-refractivity contribution in [1.29, 1.82) is 0 Å². The van der Waals surface area contributed by atoms with Gasteiger partial charge in [0.2, 0.25) is 0 Å². The molecule has 1 aliphatic heterocycles. The van der Waals surface area contributed by atoms with Crippen LogP contribution in [0.1, 0.15) is 43.4 Å². The highest BCUT2D eigenvalue weighted by Gasteiger charge is 2.33. The van der Waals surface area contributed by atoms with Crippen molar-refractivity contribution in [2.24, 2.45) is 10.9 Å². The maximum atomic E-state index is 12.8. The normalized spacial score (nSPS) is 21.5. The van der Waals surface area contributed by atoms with Crippen LogP contribution in [0.4, 0.5) is 13.2 Å². The van der Waals surface area contributed by atoms with Gasteiger partial charge in [-0.15, -0.1) is 24.0 Å². The molecule has 0 spiro atoms. The van der Waals surface area contributed by atoms with E-state index in [1.54, 1.807) is 19.2 Å². The van der Waals surface area contributed by atoms with Gasteiger partial charge < -0.3 is 10.6 Å². The van der Waals surface area contributed by atoms with Crippen LogP contribution in [0, 0.1) is 5.92 Å². The van der Waals surface area contributed by atoms with E-state index < -0.39 is 11.7 Å². The zero-order chi connectivity index (χ0) is 19.2. The number of likely N-dealkylation sites (tertiary alicyclic amines) is 1. The Bertz CT molecular complexity index is 590. The van der Waals surface area contributed by atoms with Gasteiger partial charge in [0.25, 0.3) is 0 Å². The minimum Gasteiger partial charge on any atom is -0.356 e. The van der Waals surface area contributed by atoms with E-state index in [0.717, 1.165) is 50.4 Å². The lowest BCUT2D eigenvalue weighted by molar-refractivity contribution is -0.137. The molecule has 0 aromatic heterocycles. The zero-order valence-electron chi connectivity index (χ0n) is 16.1. The van der Waals surface area contributed by atoms with Crippen LogP contribution in [0.3, 0.4) is 0 Å². The number of aliphatic imine (C=N–C) groups is 1. The maximum Gasteiger partial charge on any atom is 0.416 e. The summed E-state index contributed by atoms with van der Waals surface area (Å²) in [6.07, 6.45) is -1.16. The molecule has 1 heterocycles. The number of alkyl halides is 3. The lowest BCUT2D eigenvalue weighted by atomic mass is 9.84. The van der Waals surface area contributed by atoms with E-state index in [1.165, 1.54) is 12.1 Å². The number of nitrogens with zero attached hydrogens (tertiary/aromatic N) is 2. The highest BCUT2D eigenvalue weighted by atomic mass is 127. The van der Waals surface area contributed by atoms with Crippen LogP contribution in [0.15, 0.2) is 29.3 Å². The Morgan fingerprint density at radius 2 is 1.89 bits per heavy atom. The van der Waals surface area contributed by atoms with Crippen molar-refractivity contribution in [1.82, 2.24) is 15.5 Å². The van der Waals surface area contributed by atoms with E-state index >= 15 is 0 Å². The summed E-state index contributed by atoms with van der Waals surface area (Å²) in [6.45, 7) is 4.63. The molecule has 1 saturated heterocycles. The Morgan fingerprint density at radius 1 is 1.22 bits per heavy atom. The summed E-state index contributed by atoms with van der Waals surface area (Å²) in [6, 6.07) is 5.70. The van der Waals surface area contributed by atoms with E-state index in [0.29, 0.717) is 5.92 Å². The van der Waals surface area contributed by atoms with Crippen LogP contribution in [-0.2, 0) is 6.18 Å².